The Labute approximate surface area is 302 Å². The Morgan fingerprint density at radius 1 is 0.941 bits per heavy atom. The number of nitrogens with one attached hydrogen (secondary N) is 3. The molecule has 51 heavy (non-hydrogen) atoms. The number of hydrogen-bond acceptors (Lipinski definition) is 8. The highest BCUT2D eigenvalue weighted by Gasteiger charge is 2.38. The van der Waals surface area contributed by atoms with Crippen molar-refractivity contribution in [2.24, 2.45) is 17.6 Å². The average molecular weight is 711 g/mol. The maximum absolute atomic E-state index is 13.5. The Kier molecular flexibility index (Phi) is 11.0. The molecule has 2 aliphatic rings. The van der Waals surface area contributed by atoms with Gasteiger partial charge in [0.15, 0.2) is 0 Å². The van der Waals surface area contributed by atoms with Crippen molar-refractivity contribution in [1.82, 2.24) is 35.1 Å². The zero-order valence-corrected chi connectivity index (χ0v) is 30.5. The lowest BCUT2D eigenvalue weighted by atomic mass is 10.0. The summed E-state index contributed by atoms with van der Waals surface area (Å²) in [5, 5.41) is 2.69. The lowest BCUT2D eigenvalue weighted by Crippen LogP contribution is -2.51. The predicted octanol–water partition coefficient (Wildman–Crippen LogP) is 5.00. The van der Waals surface area contributed by atoms with Crippen molar-refractivity contribution in [3.8, 4) is 23.1 Å². The summed E-state index contributed by atoms with van der Waals surface area (Å²) in [5.74, 6) is 9.47. The lowest BCUT2D eigenvalue weighted by molar-refractivity contribution is -0.136. The standard InChI is InChI=1S/C38H46N8O4S/c1-22(2)32(39)36(47)46-17-18-51-21-31(46)34-40-20-29(43-34)26-13-10-24(11-14-26)8-9-25-12-15-27-28(19-25)42-35(41-27)30-7-6-16-45(30)37(48)33(23(3)4)44-38(49)50-5/h10-15,19-20,22-23,30-33H,6-7,16-18,21,39H2,1-5H3,(H,40,43)(H,41,42)(H,44,49)/t30-,31-,32-,33-/m0/s1. The Balaban J connectivity index is 1.13. The third-order valence-electron chi connectivity index (χ3n) is 9.62. The Morgan fingerprint density at radius 2 is 1.67 bits per heavy atom. The van der Waals surface area contributed by atoms with Crippen LogP contribution in [0.25, 0.3) is 22.3 Å². The molecule has 2 saturated heterocycles. The van der Waals surface area contributed by atoms with Gasteiger partial charge in [0.05, 0.1) is 48.2 Å². The van der Waals surface area contributed by atoms with Crippen LogP contribution in [0.3, 0.4) is 0 Å². The number of alkyl carbamates (subject to hydrolysis) is 1. The minimum atomic E-state index is -0.687. The second-order valence-corrected chi connectivity index (χ2v) is 15.0. The number of rotatable bonds is 8. The van der Waals surface area contributed by atoms with Crippen molar-refractivity contribution in [3.63, 3.8) is 0 Å². The second kappa shape index (κ2) is 15.6. The highest BCUT2D eigenvalue weighted by Crippen LogP contribution is 2.33. The fraction of sp³-hybridized carbons (Fsp3) is 0.447. The van der Waals surface area contributed by atoms with Crippen molar-refractivity contribution in [3.05, 3.63) is 71.4 Å². The largest absolute Gasteiger partial charge is 0.453 e. The summed E-state index contributed by atoms with van der Waals surface area (Å²) in [6.07, 6.45) is 2.82. The summed E-state index contributed by atoms with van der Waals surface area (Å²) in [6, 6.07) is 12.3. The van der Waals surface area contributed by atoms with E-state index >= 15 is 0 Å². The Morgan fingerprint density at radius 3 is 2.39 bits per heavy atom. The van der Waals surface area contributed by atoms with Gasteiger partial charge in [0.25, 0.3) is 0 Å². The topological polar surface area (TPSA) is 162 Å². The van der Waals surface area contributed by atoms with Crippen LogP contribution in [0, 0.1) is 23.7 Å². The van der Waals surface area contributed by atoms with Crippen LogP contribution in [0.2, 0.25) is 0 Å². The van der Waals surface area contributed by atoms with E-state index < -0.39 is 18.2 Å². The fourth-order valence-corrected chi connectivity index (χ4v) is 7.61. The molecule has 5 N–H and O–H groups in total. The Hall–Kier alpha value is -4.80. The summed E-state index contributed by atoms with van der Waals surface area (Å²) in [7, 11) is 1.29. The molecular formula is C38H46N8O4S. The number of H-pyrrole nitrogens is 2. The molecule has 0 spiro atoms. The number of imidazole rings is 2. The molecule has 4 atom stereocenters. The van der Waals surface area contributed by atoms with Crippen LogP contribution in [0.1, 0.15) is 75.4 Å². The summed E-state index contributed by atoms with van der Waals surface area (Å²) in [6.45, 7) is 8.99. The molecule has 0 saturated carbocycles. The van der Waals surface area contributed by atoms with Gasteiger partial charge in [0, 0.05) is 35.7 Å². The first kappa shape index (κ1) is 36.0. The van der Waals surface area contributed by atoms with Crippen molar-refractivity contribution >= 4 is 40.7 Å². The minimum Gasteiger partial charge on any atom is -0.453 e. The van der Waals surface area contributed by atoms with Crippen LogP contribution in [0.15, 0.2) is 48.7 Å². The van der Waals surface area contributed by atoms with Crippen LogP contribution in [-0.4, -0.2) is 91.4 Å². The number of thioether (sulfide) groups is 1. The van der Waals surface area contributed by atoms with E-state index in [-0.39, 0.29) is 35.7 Å². The van der Waals surface area contributed by atoms with Crippen molar-refractivity contribution in [2.75, 3.05) is 31.7 Å². The SMILES string of the molecule is COC(=O)N[C@H](C(=O)N1CCC[C@H]1c1nc2ccc(C#Cc3ccc(-c4cnc([C@@H]5CSCCN5C(=O)[C@@H](N)C(C)C)[nH]4)cc3)cc2[nH]1)C(C)C. The molecular weight excluding hydrogens is 665 g/mol. The van der Waals surface area contributed by atoms with Gasteiger partial charge in [-0.3, -0.25) is 9.59 Å². The van der Waals surface area contributed by atoms with Gasteiger partial charge in [-0.1, -0.05) is 51.7 Å². The number of methoxy groups -OCH3 is 1. The molecule has 13 heteroatoms. The first-order chi connectivity index (χ1) is 24.5. The van der Waals surface area contributed by atoms with Crippen LogP contribution >= 0.6 is 11.8 Å². The average Bonchev–Trinajstić information content (AvgIpc) is 3.92. The Bertz CT molecular complexity index is 1940. The normalized spacial score (nSPS) is 18.8. The first-order valence-electron chi connectivity index (χ1n) is 17.5. The van der Waals surface area contributed by atoms with Crippen molar-refractivity contribution in [1.29, 1.82) is 0 Å². The molecule has 4 heterocycles. The number of aromatic nitrogens is 4. The second-order valence-electron chi connectivity index (χ2n) is 13.8. The number of ether oxygens (including phenoxy) is 1. The van der Waals surface area contributed by atoms with Crippen molar-refractivity contribution < 1.29 is 19.1 Å². The van der Waals surface area contributed by atoms with Crippen LogP contribution in [0.5, 0.6) is 0 Å². The van der Waals surface area contributed by atoms with Gasteiger partial charge < -0.3 is 35.6 Å². The minimum absolute atomic E-state index is 0.0260. The summed E-state index contributed by atoms with van der Waals surface area (Å²) in [5.41, 5.74) is 11.4. The van der Waals surface area contributed by atoms with Gasteiger partial charge in [0.1, 0.15) is 17.7 Å². The molecule has 268 valence electrons. The van der Waals surface area contributed by atoms with Crippen LogP contribution < -0.4 is 11.1 Å². The van der Waals surface area contributed by atoms with E-state index in [1.54, 1.807) is 4.90 Å². The quantitative estimate of drug-likeness (QED) is 0.186. The van der Waals surface area contributed by atoms with Gasteiger partial charge >= 0.3 is 6.09 Å². The van der Waals surface area contributed by atoms with Gasteiger partial charge in [0.2, 0.25) is 11.8 Å². The number of nitrogens with two attached hydrogens (primary N) is 1. The zero-order valence-electron chi connectivity index (χ0n) is 29.7. The number of hydrogen-bond donors (Lipinski definition) is 4. The van der Waals surface area contributed by atoms with Gasteiger partial charge in [-0.15, -0.1) is 0 Å². The predicted molar refractivity (Wildman–Crippen MR) is 199 cm³/mol. The molecule has 2 aromatic carbocycles. The number of aromatic amines is 2. The van der Waals surface area contributed by atoms with Gasteiger partial charge in [-0.25, -0.2) is 14.8 Å². The van der Waals surface area contributed by atoms with Gasteiger partial charge in [-0.05, 0) is 60.6 Å². The third-order valence-corrected chi connectivity index (χ3v) is 10.6. The maximum Gasteiger partial charge on any atom is 0.407 e. The fourth-order valence-electron chi connectivity index (χ4n) is 6.56. The molecule has 0 bridgehead atoms. The number of fused-ring (bicyclic) bond motifs is 1. The van der Waals surface area contributed by atoms with Gasteiger partial charge in [-0.2, -0.15) is 11.8 Å². The smallest absolute Gasteiger partial charge is 0.407 e. The molecule has 3 amide bonds. The van der Waals surface area contributed by atoms with E-state index in [0.717, 1.165) is 69.4 Å². The van der Waals surface area contributed by atoms with Crippen molar-refractivity contribution in [2.45, 2.75) is 64.7 Å². The van der Waals surface area contributed by atoms with E-state index in [4.69, 9.17) is 15.5 Å². The summed E-state index contributed by atoms with van der Waals surface area (Å²) >= 11 is 1.82. The first-order valence-corrected chi connectivity index (χ1v) is 18.6. The molecule has 2 aliphatic heterocycles. The van der Waals surface area contributed by atoms with E-state index in [1.807, 2.05) is 93.0 Å². The molecule has 4 aromatic rings. The van der Waals surface area contributed by atoms with E-state index in [2.05, 4.69) is 32.1 Å². The molecule has 0 aliphatic carbocycles. The number of nitrogens with zero attached hydrogens (tertiary/aromatic N) is 4. The third kappa shape index (κ3) is 7.92. The number of carbonyl (C=O) groups is 3. The van der Waals surface area contributed by atoms with E-state index in [0.29, 0.717) is 13.1 Å². The maximum atomic E-state index is 13.5. The van der Waals surface area contributed by atoms with E-state index in [1.165, 1.54) is 7.11 Å². The zero-order chi connectivity index (χ0) is 36.2. The number of carbonyl (C=O) groups excluding carboxylic acids is 3. The van der Waals surface area contributed by atoms with E-state index in [9.17, 15) is 14.4 Å². The molecule has 0 radical (unpaired) electrons. The molecule has 0 unspecified atom stereocenters. The lowest BCUT2D eigenvalue weighted by Gasteiger charge is -2.36. The monoisotopic (exact) mass is 710 g/mol. The van der Waals surface area contributed by atoms with Crippen LogP contribution in [-0.2, 0) is 14.3 Å². The summed E-state index contributed by atoms with van der Waals surface area (Å²) in [4.78, 5) is 58.6. The highest BCUT2D eigenvalue weighted by atomic mass is 32.2. The molecule has 12 nitrogen and oxygen atoms in total. The number of likely N-dealkylation sites (tertiary alicyclic amines) is 1. The highest BCUT2D eigenvalue weighted by molar-refractivity contribution is 7.99. The summed E-state index contributed by atoms with van der Waals surface area (Å²) < 4.78 is 4.75. The number of amides is 3. The van der Waals surface area contributed by atoms with Crippen LogP contribution in [0.4, 0.5) is 4.79 Å². The molecule has 2 fully saturated rings. The number of benzene rings is 2. The molecule has 6 rings (SSSR count). The molecule has 2 aromatic heterocycles.